The first-order valence-electron chi connectivity index (χ1n) is 6.58. The maximum Gasteiger partial charge on any atom is 0.252 e. The molecule has 0 saturated heterocycles. The molecule has 0 aliphatic rings. The molecule has 5 heteroatoms. The van der Waals surface area contributed by atoms with Crippen molar-refractivity contribution in [3.05, 3.63) is 40.1 Å². The fourth-order valence-electron chi connectivity index (χ4n) is 2.16. The van der Waals surface area contributed by atoms with Gasteiger partial charge < -0.3 is 0 Å². The van der Waals surface area contributed by atoms with Gasteiger partial charge in [-0.15, -0.1) is 0 Å². The minimum Gasteiger partial charge on any atom is -0.273 e. The molecule has 0 atom stereocenters. The summed E-state index contributed by atoms with van der Waals surface area (Å²) in [5.41, 5.74) is 3.47. The van der Waals surface area contributed by atoms with Crippen molar-refractivity contribution in [1.29, 1.82) is 0 Å². The van der Waals surface area contributed by atoms with Crippen LogP contribution in [0, 0.1) is 6.92 Å². The summed E-state index contributed by atoms with van der Waals surface area (Å²) in [6.45, 7) is 8.58. The zero-order valence-electron chi connectivity index (χ0n) is 12.0. The SMILES string of the molecule is Cc1nc2nc(-c3ccc(C(C)(C)C)cc3)[nH]n2c1Br. The Kier molecular flexibility index (Phi) is 2.97. The van der Waals surface area contributed by atoms with Gasteiger partial charge in [-0.1, -0.05) is 45.0 Å². The maximum atomic E-state index is 4.52. The number of aromatic nitrogens is 4. The van der Waals surface area contributed by atoms with E-state index >= 15 is 0 Å². The van der Waals surface area contributed by atoms with Gasteiger partial charge in [0.25, 0.3) is 5.78 Å². The molecule has 0 fully saturated rings. The summed E-state index contributed by atoms with van der Waals surface area (Å²) in [5.74, 6) is 1.51. The van der Waals surface area contributed by atoms with Crippen molar-refractivity contribution in [1.82, 2.24) is 19.6 Å². The molecule has 1 aromatic carbocycles. The fraction of sp³-hybridized carbons (Fsp3) is 0.333. The molecule has 3 rings (SSSR count). The van der Waals surface area contributed by atoms with E-state index in [0.29, 0.717) is 5.78 Å². The topological polar surface area (TPSA) is 46.0 Å². The second-order valence-corrected chi connectivity index (χ2v) is 6.77. The molecule has 3 aromatic rings. The van der Waals surface area contributed by atoms with Gasteiger partial charge in [0.05, 0.1) is 5.69 Å². The lowest BCUT2D eigenvalue weighted by molar-refractivity contribution is 0.590. The van der Waals surface area contributed by atoms with Gasteiger partial charge in [-0.25, -0.2) is 9.50 Å². The summed E-state index contributed by atoms with van der Waals surface area (Å²) in [6, 6.07) is 8.50. The molecule has 0 aliphatic carbocycles. The lowest BCUT2D eigenvalue weighted by Crippen LogP contribution is -2.10. The highest BCUT2D eigenvalue weighted by molar-refractivity contribution is 9.10. The third kappa shape index (κ3) is 2.16. The molecule has 0 amide bonds. The minimum atomic E-state index is 0.163. The van der Waals surface area contributed by atoms with Gasteiger partial charge in [0.15, 0.2) is 5.82 Å². The molecular formula is C15H17BrN4. The minimum absolute atomic E-state index is 0.163. The van der Waals surface area contributed by atoms with E-state index in [2.05, 4.69) is 76.0 Å². The Balaban J connectivity index is 2.02. The van der Waals surface area contributed by atoms with Crippen LogP contribution < -0.4 is 0 Å². The van der Waals surface area contributed by atoms with Crippen molar-refractivity contribution >= 4 is 21.7 Å². The Morgan fingerprint density at radius 3 is 2.30 bits per heavy atom. The summed E-state index contributed by atoms with van der Waals surface area (Å²) < 4.78 is 2.76. The second kappa shape index (κ2) is 4.45. The molecule has 0 radical (unpaired) electrons. The van der Waals surface area contributed by atoms with E-state index in [-0.39, 0.29) is 5.41 Å². The van der Waals surface area contributed by atoms with Gasteiger partial charge in [-0.05, 0) is 33.8 Å². The summed E-state index contributed by atoms with van der Waals surface area (Å²) in [4.78, 5) is 8.91. The molecule has 104 valence electrons. The number of halogens is 1. The number of imidazole rings is 1. The number of nitrogens with one attached hydrogen (secondary N) is 1. The van der Waals surface area contributed by atoms with Crippen LogP contribution in [0.15, 0.2) is 28.9 Å². The van der Waals surface area contributed by atoms with E-state index in [1.807, 2.05) is 11.4 Å². The summed E-state index contributed by atoms with van der Waals surface area (Å²) in [6.07, 6.45) is 0. The van der Waals surface area contributed by atoms with Crippen LogP contribution in [0.4, 0.5) is 0 Å². The van der Waals surface area contributed by atoms with Gasteiger partial charge in [0.2, 0.25) is 0 Å². The van der Waals surface area contributed by atoms with E-state index in [0.717, 1.165) is 21.7 Å². The van der Waals surface area contributed by atoms with Crippen LogP contribution in [0.1, 0.15) is 32.0 Å². The molecule has 4 nitrogen and oxygen atoms in total. The lowest BCUT2D eigenvalue weighted by Gasteiger charge is -2.18. The molecule has 0 saturated carbocycles. The van der Waals surface area contributed by atoms with Crippen LogP contribution in [0.25, 0.3) is 17.2 Å². The Labute approximate surface area is 126 Å². The van der Waals surface area contributed by atoms with Gasteiger partial charge >= 0.3 is 0 Å². The van der Waals surface area contributed by atoms with Gasteiger partial charge in [-0.2, -0.15) is 4.98 Å². The van der Waals surface area contributed by atoms with E-state index in [1.165, 1.54) is 5.56 Å². The number of hydrogen-bond donors (Lipinski definition) is 1. The van der Waals surface area contributed by atoms with Crippen LogP contribution in [-0.2, 0) is 5.41 Å². The highest BCUT2D eigenvalue weighted by atomic mass is 79.9. The van der Waals surface area contributed by atoms with Crippen molar-refractivity contribution in [2.75, 3.05) is 0 Å². The van der Waals surface area contributed by atoms with Gasteiger partial charge in [-0.3, -0.25) is 5.10 Å². The van der Waals surface area contributed by atoms with Crippen molar-refractivity contribution in [3.63, 3.8) is 0 Å². The largest absolute Gasteiger partial charge is 0.273 e. The molecule has 0 unspecified atom stereocenters. The first-order chi connectivity index (χ1) is 9.36. The molecular weight excluding hydrogens is 316 g/mol. The number of aromatic amines is 1. The Morgan fingerprint density at radius 1 is 1.10 bits per heavy atom. The fourth-order valence-corrected chi connectivity index (χ4v) is 2.49. The smallest absolute Gasteiger partial charge is 0.252 e. The number of rotatable bonds is 1. The average molecular weight is 333 g/mol. The van der Waals surface area contributed by atoms with Crippen molar-refractivity contribution in [3.8, 4) is 11.4 Å². The van der Waals surface area contributed by atoms with Gasteiger partial charge in [0, 0.05) is 5.56 Å². The molecule has 2 aromatic heterocycles. The van der Waals surface area contributed by atoms with Crippen LogP contribution in [-0.4, -0.2) is 19.6 Å². The number of H-pyrrole nitrogens is 1. The standard InChI is InChI=1S/C15H17BrN4/c1-9-12(16)20-14(17-9)18-13(19-20)10-5-7-11(8-6-10)15(2,3)4/h5-8H,1-4H3,(H,17,18,19). The maximum absolute atomic E-state index is 4.52. The van der Waals surface area contributed by atoms with E-state index in [1.54, 1.807) is 0 Å². The Hall–Kier alpha value is -1.62. The van der Waals surface area contributed by atoms with Crippen molar-refractivity contribution in [2.45, 2.75) is 33.1 Å². The predicted octanol–water partition coefficient (Wildman–Crippen LogP) is 4.09. The van der Waals surface area contributed by atoms with Crippen LogP contribution in [0.5, 0.6) is 0 Å². The number of nitrogens with zero attached hydrogens (tertiary/aromatic N) is 3. The molecule has 20 heavy (non-hydrogen) atoms. The molecule has 0 bridgehead atoms. The summed E-state index contributed by atoms with van der Waals surface area (Å²) in [5, 5.41) is 3.26. The van der Waals surface area contributed by atoms with Crippen molar-refractivity contribution < 1.29 is 0 Å². The molecule has 0 aliphatic heterocycles. The zero-order valence-corrected chi connectivity index (χ0v) is 13.6. The first kappa shape index (κ1) is 13.4. The molecule has 1 N–H and O–H groups in total. The van der Waals surface area contributed by atoms with Crippen molar-refractivity contribution in [2.24, 2.45) is 0 Å². The lowest BCUT2D eigenvalue weighted by atomic mass is 9.87. The van der Waals surface area contributed by atoms with E-state index in [4.69, 9.17) is 0 Å². The molecule has 0 spiro atoms. The monoisotopic (exact) mass is 332 g/mol. The highest BCUT2D eigenvalue weighted by Gasteiger charge is 2.15. The molecule has 2 heterocycles. The third-order valence-electron chi connectivity index (χ3n) is 3.42. The quantitative estimate of drug-likeness (QED) is 0.729. The van der Waals surface area contributed by atoms with E-state index < -0.39 is 0 Å². The van der Waals surface area contributed by atoms with Gasteiger partial charge in [0.1, 0.15) is 4.60 Å². The summed E-state index contributed by atoms with van der Waals surface area (Å²) >= 11 is 3.50. The van der Waals surface area contributed by atoms with Crippen LogP contribution in [0.2, 0.25) is 0 Å². The van der Waals surface area contributed by atoms with E-state index in [9.17, 15) is 0 Å². The number of hydrogen-bond acceptors (Lipinski definition) is 2. The zero-order chi connectivity index (χ0) is 14.5. The first-order valence-corrected chi connectivity index (χ1v) is 7.37. The predicted molar refractivity (Wildman–Crippen MR) is 83.9 cm³/mol. The normalized spacial score (nSPS) is 12.2. The third-order valence-corrected chi connectivity index (χ3v) is 4.34. The average Bonchev–Trinajstić information content (AvgIpc) is 2.90. The second-order valence-electron chi connectivity index (χ2n) is 6.02. The van der Waals surface area contributed by atoms with Crippen LogP contribution >= 0.6 is 15.9 Å². The number of benzene rings is 1. The highest BCUT2D eigenvalue weighted by Crippen LogP contribution is 2.26. The Morgan fingerprint density at radius 2 is 1.75 bits per heavy atom. The number of fused-ring (bicyclic) bond motifs is 1. The summed E-state index contributed by atoms with van der Waals surface area (Å²) in [7, 11) is 0. The number of aryl methyl sites for hydroxylation is 1. The van der Waals surface area contributed by atoms with Crippen LogP contribution in [0.3, 0.4) is 0 Å². The Bertz CT molecular complexity index is 760.